The normalized spacial score (nSPS) is 11.8. The summed E-state index contributed by atoms with van der Waals surface area (Å²) in [5.74, 6) is 0.622. The summed E-state index contributed by atoms with van der Waals surface area (Å²) in [4.78, 5) is 9.57. The zero-order valence-electron chi connectivity index (χ0n) is 15.0. The van der Waals surface area contributed by atoms with Gasteiger partial charge in [0.25, 0.3) is 0 Å². The van der Waals surface area contributed by atoms with Gasteiger partial charge < -0.3 is 15.4 Å². The number of alkyl halides is 3. The van der Waals surface area contributed by atoms with Gasteiger partial charge in [0.15, 0.2) is 5.96 Å². The standard InChI is InChI=1S/C17H21F3N4OS.HI/c1-12-7-22-15(26-12)9-24-16(21-2)23-8-13-4-3-5-14(6-13)10-25-11-17(18,19)20;/h3-7H,8-11H2,1-2H3,(H2,21,23,24);1H. The molecule has 0 bridgehead atoms. The molecule has 1 aromatic heterocycles. The van der Waals surface area contributed by atoms with E-state index in [9.17, 15) is 13.2 Å². The first kappa shape index (κ1) is 23.6. The number of aryl methyl sites for hydroxylation is 1. The largest absolute Gasteiger partial charge is 0.411 e. The Morgan fingerprint density at radius 2 is 1.93 bits per heavy atom. The third kappa shape index (κ3) is 9.38. The molecule has 1 aromatic carbocycles. The molecule has 0 spiro atoms. The lowest BCUT2D eigenvalue weighted by atomic mass is 10.1. The molecule has 2 N–H and O–H groups in total. The highest BCUT2D eigenvalue weighted by atomic mass is 127. The van der Waals surface area contributed by atoms with Gasteiger partial charge >= 0.3 is 6.18 Å². The molecule has 0 atom stereocenters. The van der Waals surface area contributed by atoms with Gasteiger partial charge in [0.1, 0.15) is 11.6 Å². The molecule has 0 unspecified atom stereocenters. The zero-order valence-corrected chi connectivity index (χ0v) is 18.1. The number of hydrogen-bond donors (Lipinski definition) is 2. The Hall–Kier alpha value is -1.40. The van der Waals surface area contributed by atoms with E-state index in [1.165, 1.54) is 0 Å². The van der Waals surface area contributed by atoms with Crippen molar-refractivity contribution in [2.75, 3.05) is 13.7 Å². The van der Waals surface area contributed by atoms with Crippen LogP contribution >= 0.6 is 35.3 Å². The van der Waals surface area contributed by atoms with Crippen LogP contribution in [0.4, 0.5) is 13.2 Å². The van der Waals surface area contributed by atoms with E-state index in [1.807, 2.05) is 19.2 Å². The maximum Gasteiger partial charge on any atom is 0.411 e. The number of aliphatic imine (C=N–C) groups is 1. The van der Waals surface area contributed by atoms with Gasteiger partial charge in [-0.1, -0.05) is 24.3 Å². The number of halogens is 4. The number of aromatic nitrogens is 1. The Kier molecular flexibility index (Phi) is 10.0. The molecule has 0 aliphatic carbocycles. The van der Waals surface area contributed by atoms with Crippen LogP contribution in [-0.4, -0.2) is 30.8 Å². The summed E-state index contributed by atoms with van der Waals surface area (Å²) in [6, 6.07) is 7.22. The van der Waals surface area contributed by atoms with Gasteiger partial charge in [0.2, 0.25) is 0 Å². The Morgan fingerprint density at radius 1 is 1.22 bits per heavy atom. The molecule has 2 aromatic rings. The average Bonchev–Trinajstić information content (AvgIpc) is 3.00. The molecule has 0 fully saturated rings. The highest BCUT2D eigenvalue weighted by molar-refractivity contribution is 14.0. The fourth-order valence-electron chi connectivity index (χ4n) is 2.16. The fourth-order valence-corrected chi connectivity index (χ4v) is 2.89. The first-order valence-electron chi connectivity index (χ1n) is 7.94. The summed E-state index contributed by atoms with van der Waals surface area (Å²) in [6.07, 6.45) is -2.49. The van der Waals surface area contributed by atoms with E-state index in [1.54, 1.807) is 36.6 Å². The summed E-state index contributed by atoms with van der Waals surface area (Å²) in [7, 11) is 1.67. The van der Waals surface area contributed by atoms with Gasteiger partial charge in [-0.2, -0.15) is 13.2 Å². The van der Waals surface area contributed by atoms with Crippen molar-refractivity contribution >= 4 is 41.3 Å². The Morgan fingerprint density at radius 3 is 2.56 bits per heavy atom. The number of ether oxygens (including phenoxy) is 1. The summed E-state index contributed by atoms with van der Waals surface area (Å²) >= 11 is 1.62. The van der Waals surface area contributed by atoms with Gasteiger partial charge in [-0.3, -0.25) is 4.99 Å². The lowest BCUT2D eigenvalue weighted by Crippen LogP contribution is -2.36. The topological polar surface area (TPSA) is 58.5 Å². The molecular weight excluding hydrogens is 492 g/mol. The number of nitrogens with one attached hydrogen (secondary N) is 2. The average molecular weight is 514 g/mol. The third-order valence-electron chi connectivity index (χ3n) is 3.29. The van der Waals surface area contributed by atoms with Crippen molar-refractivity contribution in [3.63, 3.8) is 0 Å². The molecule has 0 saturated heterocycles. The van der Waals surface area contributed by atoms with Crippen molar-refractivity contribution in [1.82, 2.24) is 15.6 Å². The quantitative estimate of drug-likeness (QED) is 0.333. The molecule has 0 saturated carbocycles. The summed E-state index contributed by atoms with van der Waals surface area (Å²) in [6.45, 7) is 1.73. The lowest BCUT2D eigenvalue weighted by Gasteiger charge is -2.12. The van der Waals surface area contributed by atoms with E-state index in [0.29, 0.717) is 24.6 Å². The maximum absolute atomic E-state index is 12.1. The molecule has 10 heteroatoms. The Balaban J connectivity index is 0.00000364. The van der Waals surface area contributed by atoms with Gasteiger partial charge in [0, 0.05) is 24.7 Å². The molecule has 0 radical (unpaired) electrons. The smallest absolute Gasteiger partial charge is 0.367 e. The number of benzene rings is 1. The minimum atomic E-state index is -4.31. The van der Waals surface area contributed by atoms with Gasteiger partial charge in [-0.25, -0.2) is 4.98 Å². The van der Waals surface area contributed by atoms with Crippen LogP contribution in [0.3, 0.4) is 0 Å². The second-order valence-electron chi connectivity index (χ2n) is 5.57. The van der Waals surface area contributed by atoms with Gasteiger partial charge in [0.05, 0.1) is 13.2 Å². The highest BCUT2D eigenvalue weighted by Gasteiger charge is 2.27. The van der Waals surface area contributed by atoms with E-state index in [4.69, 9.17) is 0 Å². The minimum absolute atomic E-state index is 0. The summed E-state index contributed by atoms with van der Waals surface area (Å²) in [5.41, 5.74) is 1.61. The van der Waals surface area contributed by atoms with Crippen molar-refractivity contribution in [3.8, 4) is 0 Å². The predicted octanol–water partition coefficient (Wildman–Crippen LogP) is 4.01. The molecule has 1 heterocycles. The SMILES string of the molecule is CN=C(NCc1cccc(COCC(F)(F)F)c1)NCc1ncc(C)s1.I. The van der Waals surface area contributed by atoms with Crippen LogP contribution in [-0.2, 0) is 24.4 Å². The van der Waals surface area contributed by atoms with E-state index in [2.05, 4.69) is 25.3 Å². The minimum Gasteiger partial charge on any atom is -0.367 e. The Labute approximate surface area is 177 Å². The predicted molar refractivity (Wildman–Crippen MR) is 111 cm³/mol. The first-order valence-corrected chi connectivity index (χ1v) is 8.75. The monoisotopic (exact) mass is 514 g/mol. The molecular formula is C17H22F3IN4OS. The molecule has 27 heavy (non-hydrogen) atoms. The van der Waals surface area contributed by atoms with Crippen molar-refractivity contribution in [2.24, 2.45) is 4.99 Å². The third-order valence-corrected chi connectivity index (χ3v) is 4.20. The second kappa shape index (κ2) is 11.4. The van der Waals surface area contributed by atoms with E-state index < -0.39 is 12.8 Å². The first-order chi connectivity index (χ1) is 12.4. The van der Waals surface area contributed by atoms with E-state index in [0.717, 1.165) is 15.4 Å². The zero-order chi connectivity index (χ0) is 19.0. The van der Waals surface area contributed by atoms with Crippen LogP contribution < -0.4 is 10.6 Å². The van der Waals surface area contributed by atoms with Gasteiger partial charge in [-0.15, -0.1) is 35.3 Å². The van der Waals surface area contributed by atoms with Crippen LogP contribution in [0.15, 0.2) is 35.5 Å². The molecule has 150 valence electrons. The van der Waals surface area contributed by atoms with Crippen molar-refractivity contribution in [1.29, 1.82) is 0 Å². The van der Waals surface area contributed by atoms with Crippen LogP contribution in [0.5, 0.6) is 0 Å². The van der Waals surface area contributed by atoms with E-state index in [-0.39, 0.29) is 30.6 Å². The number of guanidine groups is 1. The summed E-state index contributed by atoms with van der Waals surface area (Å²) in [5, 5.41) is 7.30. The fraction of sp³-hybridized carbons (Fsp3) is 0.412. The molecule has 0 amide bonds. The van der Waals surface area contributed by atoms with Crippen LogP contribution in [0.1, 0.15) is 21.0 Å². The molecule has 5 nitrogen and oxygen atoms in total. The summed E-state index contributed by atoms with van der Waals surface area (Å²) < 4.78 is 41.1. The van der Waals surface area contributed by atoms with Crippen molar-refractivity contribution < 1.29 is 17.9 Å². The van der Waals surface area contributed by atoms with Crippen LogP contribution in [0, 0.1) is 6.92 Å². The Bertz CT molecular complexity index is 737. The van der Waals surface area contributed by atoms with Crippen molar-refractivity contribution in [2.45, 2.75) is 32.8 Å². The van der Waals surface area contributed by atoms with Crippen LogP contribution in [0.2, 0.25) is 0 Å². The number of nitrogens with zero attached hydrogens (tertiary/aromatic N) is 2. The molecule has 0 aliphatic rings. The van der Waals surface area contributed by atoms with Gasteiger partial charge in [-0.05, 0) is 18.1 Å². The van der Waals surface area contributed by atoms with Crippen LogP contribution in [0.25, 0.3) is 0 Å². The van der Waals surface area contributed by atoms with Crippen molar-refractivity contribution in [3.05, 3.63) is 51.5 Å². The molecule has 2 rings (SSSR count). The molecule has 0 aliphatic heterocycles. The number of hydrogen-bond acceptors (Lipinski definition) is 4. The van der Waals surface area contributed by atoms with E-state index >= 15 is 0 Å². The number of thiazole rings is 1. The maximum atomic E-state index is 12.1. The number of rotatable bonds is 7. The second-order valence-corrected chi connectivity index (χ2v) is 6.89. The lowest BCUT2D eigenvalue weighted by molar-refractivity contribution is -0.176. The highest BCUT2D eigenvalue weighted by Crippen LogP contribution is 2.16.